The van der Waals surface area contributed by atoms with E-state index in [9.17, 15) is 18.3 Å². The number of imidazole rings is 1. The lowest BCUT2D eigenvalue weighted by atomic mass is 9.98. The second-order valence-corrected chi connectivity index (χ2v) is 8.77. The topological polar surface area (TPSA) is 77.7 Å². The van der Waals surface area contributed by atoms with E-state index < -0.39 is 24.0 Å². The van der Waals surface area contributed by atoms with Crippen molar-refractivity contribution in [2.75, 3.05) is 32.7 Å². The molecular formula is C21H36F3IN6O. The van der Waals surface area contributed by atoms with Gasteiger partial charge >= 0.3 is 6.18 Å². The average Bonchev–Trinajstić information content (AvgIpc) is 3.44. The highest BCUT2D eigenvalue weighted by atomic mass is 127. The maximum absolute atomic E-state index is 13.7. The molecule has 2 aliphatic rings. The van der Waals surface area contributed by atoms with Crippen LogP contribution in [0.5, 0.6) is 0 Å². The number of hydrogen-bond donors (Lipinski definition) is 3. The number of nitrogens with zero attached hydrogens (tertiary/aromatic N) is 4. The van der Waals surface area contributed by atoms with Crippen molar-refractivity contribution in [3.8, 4) is 0 Å². The normalized spacial score (nSPS) is 22.6. The molecule has 1 saturated heterocycles. The lowest BCUT2D eigenvalue weighted by molar-refractivity contribution is -0.272. The third-order valence-electron chi connectivity index (χ3n) is 6.35. The van der Waals surface area contributed by atoms with E-state index in [0.29, 0.717) is 12.5 Å². The van der Waals surface area contributed by atoms with Gasteiger partial charge in [-0.2, -0.15) is 13.2 Å². The number of aliphatic imine (C=N–C) groups is 1. The first kappa shape index (κ1) is 27.2. The Morgan fingerprint density at radius 1 is 1.28 bits per heavy atom. The Labute approximate surface area is 205 Å². The second-order valence-electron chi connectivity index (χ2n) is 8.77. The van der Waals surface area contributed by atoms with E-state index in [1.165, 1.54) is 49.7 Å². The Kier molecular flexibility index (Phi) is 10.1. The zero-order valence-electron chi connectivity index (χ0n) is 18.9. The number of alkyl halides is 3. The van der Waals surface area contributed by atoms with Crippen molar-refractivity contribution in [1.82, 2.24) is 25.1 Å². The molecule has 0 bridgehead atoms. The molecule has 0 amide bonds. The van der Waals surface area contributed by atoms with Crippen LogP contribution in [0.25, 0.3) is 0 Å². The van der Waals surface area contributed by atoms with Crippen molar-refractivity contribution in [3.05, 3.63) is 18.2 Å². The zero-order chi connectivity index (χ0) is 22.5. The van der Waals surface area contributed by atoms with E-state index in [-0.39, 0.29) is 36.6 Å². The lowest BCUT2D eigenvalue weighted by Crippen LogP contribution is -2.46. The maximum atomic E-state index is 13.7. The predicted molar refractivity (Wildman–Crippen MR) is 129 cm³/mol. The van der Waals surface area contributed by atoms with Gasteiger partial charge in [0.1, 0.15) is 5.82 Å². The Balaban J connectivity index is 0.00000363. The van der Waals surface area contributed by atoms with Gasteiger partial charge in [0.05, 0.1) is 0 Å². The van der Waals surface area contributed by atoms with E-state index in [1.807, 2.05) is 6.92 Å². The number of guanidine groups is 1. The van der Waals surface area contributed by atoms with E-state index >= 15 is 0 Å². The molecule has 0 radical (unpaired) electrons. The van der Waals surface area contributed by atoms with Crippen LogP contribution in [0, 0.1) is 5.92 Å². The van der Waals surface area contributed by atoms with Crippen molar-refractivity contribution < 1.29 is 18.3 Å². The monoisotopic (exact) mass is 572 g/mol. The molecule has 1 aromatic rings. The van der Waals surface area contributed by atoms with Crippen molar-refractivity contribution >= 4 is 29.9 Å². The van der Waals surface area contributed by atoms with Crippen LogP contribution in [0.15, 0.2) is 17.4 Å². The Morgan fingerprint density at radius 2 is 2.00 bits per heavy atom. The molecule has 7 nitrogen and oxygen atoms in total. The Morgan fingerprint density at radius 3 is 2.59 bits per heavy atom. The summed E-state index contributed by atoms with van der Waals surface area (Å²) in [5.74, 6) is 0.859. The first-order valence-corrected chi connectivity index (χ1v) is 11.3. The number of rotatable bonds is 8. The van der Waals surface area contributed by atoms with Crippen molar-refractivity contribution in [2.45, 2.75) is 63.3 Å². The summed E-state index contributed by atoms with van der Waals surface area (Å²) in [7, 11) is 1.44. The Bertz CT molecular complexity index is 737. The molecular weight excluding hydrogens is 536 g/mol. The summed E-state index contributed by atoms with van der Waals surface area (Å²) in [4.78, 5) is 10.5. The molecule has 32 heavy (non-hydrogen) atoms. The summed E-state index contributed by atoms with van der Waals surface area (Å²) in [6.45, 7) is 5.41. The van der Waals surface area contributed by atoms with E-state index in [1.54, 1.807) is 0 Å². The molecule has 0 aromatic carbocycles. The van der Waals surface area contributed by atoms with Crippen molar-refractivity contribution in [1.29, 1.82) is 0 Å². The molecule has 3 N–H and O–H groups in total. The number of halogens is 4. The van der Waals surface area contributed by atoms with Crippen LogP contribution in [-0.2, 0) is 12.6 Å². The molecule has 1 aliphatic carbocycles. The van der Waals surface area contributed by atoms with Crippen LogP contribution < -0.4 is 10.6 Å². The van der Waals surface area contributed by atoms with Crippen LogP contribution in [0.1, 0.15) is 51.3 Å². The molecule has 1 aromatic heterocycles. The quantitative estimate of drug-likeness (QED) is 0.254. The molecule has 1 aliphatic heterocycles. The SMILES string of the molecule is CCNC(=NCCC(O)(c1nccn1C)C(F)(F)F)NC1CCN(CC2CCCC2)C1.I. The summed E-state index contributed by atoms with van der Waals surface area (Å²) in [6, 6.07) is 0.218. The van der Waals surface area contributed by atoms with Crippen molar-refractivity contribution in [2.24, 2.45) is 18.0 Å². The molecule has 11 heteroatoms. The number of likely N-dealkylation sites (tertiary alicyclic amines) is 1. The average molecular weight is 572 g/mol. The minimum atomic E-state index is -4.85. The van der Waals surface area contributed by atoms with Gasteiger partial charge < -0.3 is 25.2 Å². The summed E-state index contributed by atoms with van der Waals surface area (Å²) < 4.78 is 42.2. The maximum Gasteiger partial charge on any atom is 0.424 e. The van der Waals surface area contributed by atoms with Crippen LogP contribution in [0.3, 0.4) is 0 Å². The standard InChI is InChI=1S/C21H35F3N6O.HI/c1-3-25-19(28-17-8-12-30(15-17)14-16-6-4-5-7-16)27-10-9-20(31,21(22,23)24)18-26-11-13-29(18)2;/h11,13,16-17,31H,3-10,12,14-15H2,1-2H3,(H2,25,27,28);1H. The van der Waals surface area contributed by atoms with E-state index in [4.69, 9.17) is 0 Å². The third kappa shape index (κ3) is 6.72. The summed E-state index contributed by atoms with van der Waals surface area (Å²) >= 11 is 0. The molecule has 184 valence electrons. The highest BCUT2D eigenvalue weighted by molar-refractivity contribution is 14.0. The van der Waals surface area contributed by atoms with Crippen LogP contribution >= 0.6 is 24.0 Å². The number of aromatic nitrogens is 2. The first-order valence-electron chi connectivity index (χ1n) is 11.3. The zero-order valence-corrected chi connectivity index (χ0v) is 21.2. The van der Waals surface area contributed by atoms with Gasteiger partial charge in [0.2, 0.25) is 5.60 Å². The molecule has 0 spiro atoms. The van der Waals surface area contributed by atoms with Gasteiger partial charge in [-0.3, -0.25) is 4.99 Å². The number of nitrogens with one attached hydrogen (secondary N) is 2. The van der Waals surface area contributed by atoms with Gasteiger partial charge in [0.15, 0.2) is 5.96 Å². The summed E-state index contributed by atoms with van der Waals surface area (Å²) in [6.07, 6.45) is 3.47. The van der Waals surface area contributed by atoms with Gasteiger partial charge in [-0.15, -0.1) is 24.0 Å². The third-order valence-corrected chi connectivity index (χ3v) is 6.35. The Hall–Kier alpha value is -1.08. The van der Waals surface area contributed by atoms with E-state index in [2.05, 4.69) is 25.5 Å². The van der Waals surface area contributed by atoms with Gasteiger partial charge in [-0.1, -0.05) is 12.8 Å². The first-order chi connectivity index (χ1) is 14.7. The fourth-order valence-corrected chi connectivity index (χ4v) is 4.66. The number of aryl methyl sites for hydroxylation is 1. The highest BCUT2D eigenvalue weighted by Crippen LogP contribution is 2.40. The molecule has 1 saturated carbocycles. The van der Waals surface area contributed by atoms with Gasteiger partial charge in [-0.25, -0.2) is 4.98 Å². The number of aliphatic hydroxyl groups is 1. The van der Waals surface area contributed by atoms with Crippen LogP contribution in [0.4, 0.5) is 13.2 Å². The van der Waals surface area contributed by atoms with Gasteiger partial charge in [-0.05, 0) is 32.1 Å². The molecule has 3 rings (SSSR count). The fourth-order valence-electron chi connectivity index (χ4n) is 4.66. The lowest BCUT2D eigenvalue weighted by Gasteiger charge is -2.29. The van der Waals surface area contributed by atoms with Gasteiger partial charge in [0.25, 0.3) is 0 Å². The molecule has 2 unspecified atom stereocenters. The minimum Gasteiger partial charge on any atom is -0.374 e. The van der Waals surface area contributed by atoms with Gasteiger partial charge in [0, 0.05) is 64.6 Å². The summed E-state index contributed by atoms with van der Waals surface area (Å²) in [5, 5.41) is 16.9. The second kappa shape index (κ2) is 11.9. The molecule has 2 atom stereocenters. The fraction of sp³-hybridized carbons (Fsp3) is 0.810. The highest BCUT2D eigenvalue weighted by Gasteiger charge is 2.57. The van der Waals surface area contributed by atoms with Crippen molar-refractivity contribution in [3.63, 3.8) is 0 Å². The van der Waals surface area contributed by atoms with Crippen LogP contribution in [-0.4, -0.2) is 70.5 Å². The largest absolute Gasteiger partial charge is 0.424 e. The van der Waals surface area contributed by atoms with Crippen LogP contribution in [0.2, 0.25) is 0 Å². The predicted octanol–water partition coefficient (Wildman–Crippen LogP) is 3.00. The smallest absolute Gasteiger partial charge is 0.374 e. The minimum absolute atomic E-state index is 0. The van der Waals surface area contributed by atoms with E-state index in [0.717, 1.165) is 32.0 Å². The number of hydrogen-bond acceptors (Lipinski definition) is 4. The summed E-state index contributed by atoms with van der Waals surface area (Å²) in [5.41, 5.74) is -3.04. The molecule has 2 fully saturated rings. The molecule has 2 heterocycles.